The Morgan fingerprint density at radius 2 is 1.95 bits per heavy atom. The minimum absolute atomic E-state index is 0.941. The third kappa shape index (κ3) is 3.82. The van der Waals surface area contributed by atoms with E-state index in [2.05, 4.69) is 27.5 Å². The molecule has 0 aromatic carbocycles. The molecule has 0 aliphatic heterocycles. The molecule has 0 unspecified atom stereocenters. The number of nitrogens with one attached hydrogen (secondary N) is 2. The van der Waals surface area contributed by atoms with Gasteiger partial charge in [0.1, 0.15) is 18.0 Å². The third-order valence-electron chi connectivity index (χ3n) is 4.09. The van der Waals surface area contributed by atoms with E-state index in [4.69, 9.17) is 0 Å². The Hall–Kier alpha value is -1.32. The summed E-state index contributed by atoms with van der Waals surface area (Å²) >= 11 is 0. The van der Waals surface area contributed by atoms with Gasteiger partial charge < -0.3 is 10.6 Å². The Balaban J connectivity index is 1.81. The van der Waals surface area contributed by atoms with Crippen LogP contribution < -0.4 is 10.6 Å². The molecule has 2 rings (SSSR count). The molecule has 0 saturated heterocycles. The molecule has 4 nitrogen and oxygen atoms in total. The number of anilines is 2. The predicted molar refractivity (Wildman–Crippen MR) is 80.6 cm³/mol. The zero-order valence-corrected chi connectivity index (χ0v) is 12.2. The fourth-order valence-electron chi connectivity index (χ4n) is 3.01. The van der Waals surface area contributed by atoms with Crippen LogP contribution in [0.2, 0.25) is 0 Å². The van der Waals surface area contributed by atoms with E-state index in [0.29, 0.717) is 0 Å². The fourth-order valence-corrected chi connectivity index (χ4v) is 3.01. The van der Waals surface area contributed by atoms with Gasteiger partial charge in [-0.05, 0) is 25.2 Å². The molecule has 4 heteroatoms. The van der Waals surface area contributed by atoms with Gasteiger partial charge in [0.05, 0.1) is 0 Å². The molecule has 1 aliphatic carbocycles. The summed E-state index contributed by atoms with van der Waals surface area (Å²) in [6, 6.07) is 0. The highest BCUT2D eigenvalue weighted by molar-refractivity contribution is 5.56. The van der Waals surface area contributed by atoms with Crippen molar-refractivity contribution in [3.63, 3.8) is 0 Å². The minimum Gasteiger partial charge on any atom is -0.373 e. The molecule has 1 aromatic heterocycles. The standard InChI is InChI=1S/C15H26N4/c1-3-13-14(16-2)18-11-19-15(13)17-10-6-9-12-7-4-5-8-12/h11-12H,3-10H2,1-2H3,(H2,16,17,18,19). The van der Waals surface area contributed by atoms with Gasteiger partial charge in [-0.15, -0.1) is 0 Å². The monoisotopic (exact) mass is 262 g/mol. The van der Waals surface area contributed by atoms with Crippen LogP contribution in [0, 0.1) is 5.92 Å². The smallest absolute Gasteiger partial charge is 0.134 e. The van der Waals surface area contributed by atoms with Gasteiger partial charge in [0.2, 0.25) is 0 Å². The van der Waals surface area contributed by atoms with Gasteiger partial charge in [-0.2, -0.15) is 0 Å². The minimum atomic E-state index is 0.941. The summed E-state index contributed by atoms with van der Waals surface area (Å²) in [5.41, 5.74) is 1.19. The van der Waals surface area contributed by atoms with Crippen LogP contribution in [-0.4, -0.2) is 23.6 Å². The summed E-state index contributed by atoms with van der Waals surface area (Å²) in [6.45, 7) is 3.16. The van der Waals surface area contributed by atoms with Crippen LogP contribution in [0.15, 0.2) is 6.33 Å². The molecule has 1 heterocycles. The van der Waals surface area contributed by atoms with Crippen molar-refractivity contribution in [1.29, 1.82) is 0 Å². The molecule has 0 spiro atoms. The van der Waals surface area contributed by atoms with Gasteiger partial charge in [0.15, 0.2) is 0 Å². The van der Waals surface area contributed by atoms with Gasteiger partial charge in [-0.3, -0.25) is 0 Å². The molecule has 106 valence electrons. The van der Waals surface area contributed by atoms with Gasteiger partial charge in [-0.1, -0.05) is 32.6 Å². The van der Waals surface area contributed by atoms with Crippen LogP contribution >= 0.6 is 0 Å². The number of hydrogen-bond acceptors (Lipinski definition) is 4. The van der Waals surface area contributed by atoms with Crippen molar-refractivity contribution in [2.24, 2.45) is 5.92 Å². The molecule has 0 atom stereocenters. The Morgan fingerprint density at radius 3 is 2.63 bits per heavy atom. The quantitative estimate of drug-likeness (QED) is 0.739. The normalized spacial score (nSPS) is 15.7. The summed E-state index contributed by atoms with van der Waals surface area (Å²) in [4.78, 5) is 8.62. The maximum Gasteiger partial charge on any atom is 0.134 e. The first-order chi connectivity index (χ1) is 9.35. The van der Waals surface area contributed by atoms with Crippen LogP contribution in [-0.2, 0) is 6.42 Å². The number of hydrogen-bond donors (Lipinski definition) is 2. The first-order valence-electron chi connectivity index (χ1n) is 7.60. The Morgan fingerprint density at radius 1 is 1.21 bits per heavy atom. The van der Waals surface area contributed by atoms with Crippen LogP contribution in [0.25, 0.3) is 0 Å². The molecule has 1 saturated carbocycles. The van der Waals surface area contributed by atoms with Crippen molar-refractivity contribution < 1.29 is 0 Å². The van der Waals surface area contributed by atoms with Gasteiger partial charge in [-0.25, -0.2) is 9.97 Å². The van der Waals surface area contributed by atoms with E-state index in [-0.39, 0.29) is 0 Å². The zero-order chi connectivity index (χ0) is 13.5. The summed E-state index contributed by atoms with van der Waals surface area (Å²) in [5.74, 6) is 2.91. The Labute approximate surface area is 116 Å². The van der Waals surface area contributed by atoms with Crippen molar-refractivity contribution in [2.75, 3.05) is 24.2 Å². The van der Waals surface area contributed by atoms with Crippen molar-refractivity contribution in [1.82, 2.24) is 9.97 Å². The van der Waals surface area contributed by atoms with Crippen molar-refractivity contribution in [3.8, 4) is 0 Å². The summed E-state index contributed by atoms with van der Waals surface area (Å²) < 4.78 is 0. The van der Waals surface area contributed by atoms with E-state index >= 15 is 0 Å². The topological polar surface area (TPSA) is 49.8 Å². The predicted octanol–water partition coefficient (Wildman–Crippen LogP) is 3.46. The summed E-state index contributed by atoms with van der Waals surface area (Å²) in [7, 11) is 1.91. The molecule has 2 N–H and O–H groups in total. The molecular formula is C15H26N4. The lowest BCUT2D eigenvalue weighted by atomic mass is 10.0. The van der Waals surface area contributed by atoms with Gasteiger partial charge >= 0.3 is 0 Å². The highest BCUT2D eigenvalue weighted by atomic mass is 15.1. The highest BCUT2D eigenvalue weighted by Gasteiger charge is 2.14. The van der Waals surface area contributed by atoms with Crippen LogP contribution in [0.4, 0.5) is 11.6 Å². The molecule has 19 heavy (non-hydrogen) atoms. The van der Waals surface area contributed by atoms with Crippen LogP contribution in [0.1, 0.15) is 51.0 Å². The van der Waals surface area contributed by atoms with Crippen molar-refractivity contribution in [2.45, 2.75) is 51.9 Å². The second-order valence-corrected chi connectivity index (χ2v) is 5.37. The lowest BCUT2D eigenvalue weighted by Crippen LogP contribution is -2.10. The maximum absolute atomic E-state index is 4.37. The molecule has 0 bridgehead atoms. The Kier molecular flexibility index (Phi) is 5.43. The van der Waals surface area contributed by atoms with Crippen LogP contribution in [0.3, 0.4) is 0 Å². The molecule has 1 fully saturated rings. The van der Waals surface area contributed by atoms with Crippen molar-refractivity contribution >= 4 is 11.6 Å². The van der Waals surface area contributed by atoms with E-state index in [1.165, 1.54) is 44.1 Å². The van der Waals surface area contributed by atoms with E-state index in [0.717, 1.165) is 30.5 Å². The molecule has 1 aromatic rings. The lowest BCUT2D eigenvalue weighted by molar-refractivity contribution is 0.491. The zero-order valence-electron chi connectivity index (χ0n) is 12.2. The third-order valence-corrected chi connectivity index (χ3v) is 4.09. The molecule has 0 radical (unpaired) electrons. The Bertz CT molecular complexity index is 386. The van der Waals surface area contributed by atoms with E-state index < -0.39 is 0 Å². The summed E-state index contributed by atoms with van der Waals surface area (Å²) in [5, 5.41) is 6.60. The van der Waals surface area contributed by atoms with E-state index in [9.17, 15) is 0 Å². The molecule has 0 amide bonds. The van der Waals surface area contributed by atoms with Crippen molar-refractivity contribution in [3.05, 3.63) is 11.9 Å². The average Bonchev–Trinajstić information content (AvgIpc) is 2.96. The maximum atomic E-state index is 4.37. The number of aromatic nitrogens is 2. The van der Waals surface area contributed by atoms with Gasteiger partial charge in [0.25, 0.3) is 0 Å². The summed E-state index contributed by atoms with van der Waals surface area (Å²) in [6.07, 6.45) is 10.9. The van der Waals surface area contributed by atoms with E-state index in [1.54, 1.807) is 6.33 Å². The van der Waals surface area contributed by atoms with Gasteiger partial charge in [0, 0.05) is 19.2 Å². The fraction of sp³-hybridized carbons (Fsp3) is 0.733. The molecule has 1 aliphatic rings. The largest absolute Gasteiger partial charge is 0.373 e. The van der Waals surface area contributed by atoms with E-state index in [1.807, 2.05) is 7.05 Å². The highest BCUT2D eigenvalue weighted by Crippen LogP contribution is 2.28. The average molecular weight is 262 g/mol. The van der Waals surface area contributed by atoms with Crippen LogP contribution in [0.5, 0.6) is 0 Å². The number of rotatable bonds is 7. The second kappa shape index (κ2) is 7.31. The first kappa shape index (κ1) is 14.1. The first-order valence-corrected chi connectivity index (χ1v) is 7.60. The molecular weight excluding hydrogens is 236 g/mol. The second-order valence-electron chi connectivity index (χ2n) is 5.37. The lowest BCUT2D eigenvalue weighted by Gasteiger charge is -2.13. The number of nitrogens with zero attached hydrogens (tertiary/aromatic N) is 2. The SMILES string of the molecule is CCc1c(NC)ncnc1NCCCC1CCCC1.